The average molecular weight is 390 g/mol. The SMILES string of the molecule is O=C(O)C(F)(F)F.O=C(c1ccco1)N1C[C@@H]2C[C@]2(Nc2nncs2)C1. The van der Waals surface area contributed by atoms with Gasteiger partial charge in [0, 0.05) is 19.0 Å². The van der Waals surface area contributed by atoms with Gasteiger partial charge >= 0.3 is 12.1 Å². The van der Waals surface area contributed by atoms with Crippen molar-refractivity contribution in [1.29, 1.82) is 0 Å². The molecule has 1 saturated carbocycles. The molecule has 1 aliphatic heterocycles. The van der Waals surface area contributed by atoms with Crippen LogP contribution in [0.1, 0.15) is 17.0 Å². The first-order chi connectivity index (χ1) is 12.2. The quantitative estimate of drug-likeness (QED) is 0.826. The lowest BCUT2D eigenvalue weighted by molar-refractivity contribution is -0.192. The molecule has 1 amide bonds. The highest BCUT2D eigenvalue weighted by atomic mass is 32.1. The van der Waals surface area contributed by atoms with Crippen molar-refractivity contribution in [1.82, 2.24) is 15.1 Å². The minimum Gasteiger partial charge on any atom is -0.475 e. The fourth-order valence-corrected chi connectivity index (χ4v) is 3.38. The maximum absolute atomic E-state index is 12.2. The Morgan fingerprint density at radius 2 is 2.19 bits per heavy atom. The smallest absolute Gasteiger partial charge is 0.475 e. The van der Waals surface area contributed by atoms with Crippen LogP contribution >= 0.6 is 11.3 Å². The monoisotopic (exact) mass is 390 g/mol. The summed E-state index contributed by atoms with van der Waals surface area (Å²) in [4.78, 5) is 22.9. The minimum absolute atomic E-state index is 0.00177. The van der Waals surface area contributed by atoms with Gasteiger partial charge in [-0.3, -0.25) is 4.79 Å². The third-order valence-electron chi connectivity index (χ3n) is 4.12. The van der Waals surface area contributed by atoms with E-state index >= 15 is 0 Å². The number of aromatic nitrogens is 2. The second-order valence-corrected chi connectivity index (χ2v) is 6.73. The molecule has 2 N–H and O–H groups in total. The fourth-order valence-electron chi connectivity index (χ4n) is 2.83. The number of aliphatic carboxylic acids is 1. The molecule has 0 bridgehead atoms. The topological polar surface area (TPSA) is 109 Å². The van der Waals surface area contributed by atoms with Crippen LogP contribution in [0.25, 0.3) is 0 Å². The minimum atomic E-state index is -5.08. The normalized spacial score (nSPS) is 23.7. The standard InChI is InChI=1S/C12H12N4O2S.C2HF3O2/c17-10(9-2-1-3-18-9)16-5-8-4-12(8,6-16)14-11-15-13-7-19-11;3-2(4,5)1(6)7/h1-3,7-8H,4-6H2,(H,14,15);(H,6,7)/t8-,12-;/m0./s1. The van der Waals surface area contributed by atoms with Crippen LogP contribution in [0.3, 0.4) is 0 Å². The first kappa shape index (κ1) is 18.2. The summed E-state index contributed by atoms with van der Waals surface area (Å²) < 4.78 is 36.9. The Labute approximate surface area is 148 Å². The number of likely N-dealkylation sites (tertiary alicyclic amines) is 1. The molecule has 3 heterocycles. The van der Waals surface area contributed by atoms with E-state index in [1.807, 2.05) is 4.90 Å². The fraction of sp³-hybridized carbons (Fsp3) is 0.429. The van der Waals surface area contributed by atoms with Crippen molar-refractivity contribution in [2.75, 3.05) is 18.4 Å². The number of anilines is 1. The second kappa shape index (κ2) is 6.59. The number of hydrogen-bond donors (Lipinski definition) is 2. The highest BCUT2D eigenvalue weighted by molar-refractivity contribution is 7.13. The molecular weight excluding hydrogens is 377 g/mol. The van der Waals surface area contributed by atoms with E-state index in [-0.39, 0.29) is 11.4 Å². The van der Waals surface area contributed by atoms with Crippen LogP contribution in [0.15, 0.2) is 28.3 Å². The van der Waals surface area contributed by atoms with Crippen molar-refractivity contribution in [2.24, 2.45) is 5.92 Å². The molecule has 2 atom stereocenters. The molecular formula is C14H13F3N4O4S. The number of carboxylic acid groups (broad SMARTS) is 1. The molecule has 0 aromatic carbocycles. The number of halogens is 3. The lowest BCUT2D eigenvalue weighted by atomic mass is 10.2. The lowest BCUT2D eigenvalue weighted by Gasteiger charge is -2.20. The maximum atomic E-state index is 12.2. The van der Waals surface area contributed by atoms with Crippen LogP contribution in [0.5, 0.6) is 0 Å². The molecule has 1 saturated heterocycles. The van der Waals surface area contributed by atoms with E-state index in [0.29, 0.717) is 18.2 Å². The number of piperidine rings is 1. The predicted molar refractivity (Wildman–Crippen MR) is 82.7 cm³/mol. The van der Waals surface area contributed by atoms with Gasteiger partial charge in [-0.05, 0) is 18.6 Å². The van der Waals surface area contributed by atoms with Gasteiger partial charge < -0.3 is 19.7 Å². The van der Waals surface area contributed by atoms with E-state index in [1.165, 1.54) is 17.6 Å². The van der Waals surface area contributed by atoms with Crippen LogP contribution in [0.4, 0.5) is 18.3 Å². The van der Waals surface area contributed by atoms with Crippen molar-refractivity contribution in [2.45, 2.75) is 18.1 Å². The van der Waals surface area contributed by atoms with E-state index in [1.54, 1.807) is 17.6 Å². The number of amides is 1. The second-order valence-electron chi connectivity index (χ2n) is 5.89. The Bertz CT molecular complexity index is 781. The number of nitrogens with one attached hydrogen (secondary N) is 1. The highest BCUT2D eigenvalue weighted by Gasteiger charge is 2.61. The van der Waals surface area contributed by atoms with Gasteiger partial charge in [-0.1, -0.05) is 11.3 Å². The summed E-state index contributed by atoms with van der Waals surface area (Å²) in [6, 6.07) is 3.44. The molecule has 2 aromatic rings. The molecule has 8 nitrogen and oxygen atoms in total. The van der Waals surface area contributed by atoms with E-state index < -0.39 is 12.1 Å². The largest absolute Gasteiger partial charge is 0.490 e. The molecule has 0 spiro atoms. The maximum Gasteiger partial charge on any atom is 0.490 e. The van der Waals surface area contributed by atoms with Crippen LogP contribution < -0.4 is 5.32 Å². The summed E-state index contributed by atoms with van der Waals surface area (Å²) in [7, 11) is 0. The Morgan fingerprint density at radius 1 is 1.46 bits per heavy atom. The molecule has 1 aliphatic carbocycles. The number of rotatable bonds is 3. The number of hydrogen-bond acceptors (Lipinski definition) is 7. The first-order valence-electron chi connectivity index (χ1n) is 7.38. The van der Waals surface area contributed by atoms with Gasteiger partial charge in [0.2, 0.25) is 5.13 Å². The molecule has 0 radical (unpaired) electrons. The number of nitrogens with zero attached hydrogens (tertiary/aromatic N) is 3. The first-order valence-corrected chi connectivity index (χ1v) is 8.26. The molecule has 140 valence electrons. The molecule has 26 heavy (non-hydrogen) atoms. The predicted octanol–water partition coefficient (Wildman–Crippen LogP) is 2.09. The number of carbonyl (C=O) groups excluding carboxylic acids is 1. The van der Waals surface area contributed by atoms with E-state index in [2.05, 4.69) is 15.5 Å². The molecule has 2 aliphatic rings. The Kier molecular flexibility index (Phi) is 4.61. The zero-order valence-electron chi connectivity index (χ0n) is 13.1. The van der Waals surface area contributed by atoms with Crippen molar-refractivity contribution >= 4 is 28.3 Å². The van der Waals surface area contributed by atoms with Crippen LogP contribution in [-0.4, -0.2) is 56.9 Å². The Balaban J connectivity index is 0.000000242. The molecule has 2 aromatic heterocycles. The van der Waals surface area contributed by atoms with Gasteiger partial charge in [0.05, 0.1) is 11.8 Å². The summed E-state index contributed by atoms with van der Waals surface area (Å²) >= 11 is 1.49. The zero-order valence-corrected chi connectivity index (χ0v) is 13.9. The van der Waals surface area contributed by atoms with E-state index in [9.17, 15) is 18.0 Å². The van der Waals surface area contributed by atoms with Gasteiger partial charge in [0.25, 0.3) is 5.91 Å². The third-order valence-corrected chi connectivity index (χ3v) is 4.73. The summed E-state index contributed by atoms with van der Waals surface area (Å²) in [6.07, 6.45) is -2.46. The Morgan fingerprint density at radius 3 is 2.73 bits per heavy atom. The van der Waals surface area contributed by atoms with Crippen molar-refractivity contribution in [3.8, 4) is 0 Å². The van der Waals surface area contributed by atoms with Gasteiger partial charge in [0.15, 0.2) is 5.76 Å². The van der Waals surface area contributed by atoms with Crippen molar-refractivity contribution in [3.05, 3.63) is 29.7 Å². The lowest BCUT2D eigenvalue weighted by Crippen LogP contribution is -2.36. The summed E-state index contributed by atoms with van der Waals surface area (Å²) in [5, 5.41) is 19.2. The number of carbonyl (C=O) groups is 2. The molecule has 12 heteroatoms. The van der Waals surface area contributed by atoms with Gasteiger partial charge in [-0.15, -0.1) is 10.2 Å². The number of carboxylic acids is 1. The summed E-state index contributed by atoms with van der Waals surface area (Å²) in [6.45, 7) is 1.49. The van der Waals surface area contributed by atoms with Crippen LogP contribution in [0.2, 0.25) is 0 Å². The van der Waals surface area contributed by atoms with E-state index in [0.717, 1.165) is 18.1 Å². The van der Waals surface area contributed by atoms with Crippen molar-refractivity contribution in [3.63, 3.8) is 0 Å². The highest BCUT2D eigenvalue weighted by Crippen LogP contribution is 2.51. The summed E-state index contributed by atoms with van der Waals surface area (Å²) in [5.74, 6) is -1.87. The third kappa shape index (κ3) is 3.79. The Hall–Kier alpha value is -2.63. The van der Waals surface area contributed by atoms with Crippen LogP contribution in [0, 0.1) is 5.92 Å². The summed E-state index contributed by atoms with van der Waals surface area (Å²) in [5.41, 5.74) is 1.71. The number of fused-ring (bicyclic) bond motifs is 1. The molecule has 2 fully saturated rings. The molecule has 4 rings (SSSR count). The van der Waals surface area contributed by atoms with Gasteiger partial charge in [-0.25, -0.2) is 4.79 Å². The number of furan rings is 1. The molecule has 0 unspecified atom stereocenters. The van der Waals surface area contributed by atoms with Gasteiger partial charge in [-0.2, -0.15) is 13.2 Å². The van der Waals surface area contributed by atoms with E-state index in [4.69, 9.17) is 14.3 Å². The zero-order chi connectivity index (χ0) is 18.9. The average Bonchev–Trinajstić information content (AvgIpc) is 3.10. The van der Waals surface area contributed by atoms with Crippen LogP contribution in [-0.2, 0) is 4.79 Å². The van der Waals surface area contributed by atoms with Crippen molar-refractivity contribution < 1.29 is 32.3 Å². The van der Waals surface area contributed by atoms with Gasteiger partial charge in [0.1, 0.15) is 5.51 Å². The number of alkyl halides is 3.